The first kappa shape index (κ1) is 30.3. The van der Waals surface area contributed by atoms with E-state index >= 15 is 0 Å². The predicted octanol–water partition coefficient (Wildman–Crippen LogP) is 13.3. The summed E-state index contributed by atoms with van der Waals surface area (Å²) in [5.74, 6) is 0.670. The maximum atomic E-state index is 6.66. The van der Waals surface area contributed by atoms with Crippen LogP contribution in [-0.2, 0) is 0 Å². The van der Waals surface area contributed by atoms with Gasteiger partial charge in [-0.3, -0.25) is 0 Å². The topological polar surface area (TPSA) is 43.9 Å². The Morgan fingerprint density at radius 3 is 1.87 bits per heavy atom. The van der Waals surface area contributed by atoms with Crippen molar-refractivity contribution in [2.75, 3.05) is 0 Å². The Kier molecular flexibility index (Phi) is 6.82. The molecule has 4 nitrogen and oxygen atoms in total. The summed E-state index contributed by atoms with van der Waals surface area (Å²) in [5, 5.41) is 5.52. The highest BCUT2D eigenvalue weighted by molar-refractivity contribution is 6.16. The number of hydrogen-bond donors (Lipinski definition) is 0. The molecule has 0 aliphatic rings. The molecule has 0 atom stereocenters. The number of para-hydroxylation sites is 2. The van der Waals surface area contributed by atoms with Crippen LogP contribution >= 0.6 is 0 Å². The van der Waals surface area contributed by atoms with Gasteiger partial charge >= 0.3 is 0 Å². The van der Waals surface area contributed by atoms with Crippen molar-refractivity contribution in [3.63, 3.8) is 0 Å². The lowest BCUT2D eigenvalue weighted by atomic mass is 9.99. The molecule has 0 fully saturated rings. The molecule has 3 heterocycles. The first-order valence-corrected chi connectivity index (χ1v) is 18.2. The summed E-state index contributed by atoms with van der Waals surface area (Å²) >= 11 is 0. The third kappa shape index (κ3) is 4.78. The zero-order valence-electron chi connectivity index (χ0n) is 29.1. The van der Waals surface area contributed by atoms with Crippen molar-refractivity contribution in [3.05, 3.63) is 188 Å². The van der Waals surface area contributed by atoms with Crippen LogP contribution in [0.3, 0.4) is 0 Å². The molecule has 11 aromatic rings. The van der Waals surface area contributed by atoms with Gasteiger partial charge in [0.1, 0.15) is 11.2 Å². The predicted molar refractivity (Wildman–Crippen MR) is 223 cm³/mol. The lowest BCUT2D eigenvalue weighted by Crippen LogP contribution is -1.96. The minimum absolute atomic E-state index is 0.670. The number of nitrogens with zero attached hydrogens (tertiary/aromatic N) is 3. The van der Waals surface area contributed by atoms with E-state index in [1.165, 1.54) is 33.0 Å². The van der Waals surface area contributed by atoms with Gasteiger partial charge in [0.2, 0.25) is 0 Å². The van der Waals surface area contributed by atoms with Gasteiger partial charge in [0.15, 0.2) is 5.82 Å². The van der Waals surface area contributed by atoms with Gasteiger partial charge in [-0.15, -0.1) is 0 Å². The van der Waals surface area contributed by atoms with E-state index in [1.54, 1.807) is 0 Å². The summed E-state index contributed by atoms with van der Waals surface area (Å²) in [4.78, 5) is 10.4. The van der Waals surface area contributed by atoms with E-state index < -0.39 is 0 Å². The molecule has 3 aromatic heterocycles. The van der Waals surface area contributed by atoms with Crippen LogP contribution in [0, 0.1) is 0 Å². The van der Waals surface area contributed by atoms with Gasteiger partial charge in [-0.05, 0) is 58.7 Å². The maximum Gasteiger partial charge on any atom is 0.161 e. The molecule has 0 N–H and O–H groups in total. The standard InChI is InChI=1S/C50H31N3O/c1-3-13-32(14-4-1)33-25-27-35(28-26-33)49-38-17-7-9-21-42(38)51-50(52-49)41-20-12-24-45-48(41)40-30-29-36(31-46(40)54-45)53-43-22-10-8-18-39(43)47-37(19-11-23-44(47)53)34-15-5-2-6-16-34/h1-31H. The van der Waals surface area contributed by atoms with Crippen LogP contribution in [0.15, 0.2) is 192 Å². The van der Waals surface area contributed by atoms with Crippen molar-refractivity contribution >= 4 is 54.6 Å². The molecular weight excluding hydrogens is 659 g/mol. The van der Waals surface area contributed by atoms with Crippen molar-refractivity contribution in [1.82, 2.24) is 14.5 Å². The molecule has 0 aliphatic carbocycles. The molecule has 4 heteroatoms. The number of benzene rings is 8. The van der Waals surface area contributed by atoms with Gasteiger partial charge < -0.3 is 8.98 Å². The van der Waals surface area contributed by atoms with Gasteiger partial charge in [0, 0.05) is 49.8 Å². The quantitative estimate of drug-likeness (QED) is 0.181. The van der Waals surface area contributed by atoms with Crippen LogP contribution in [0.1, 0.15) is 0 Å². The summed E-state index contributed by atoms with van der Waals surface area (Å²) in [5.41, 5.74) is 13.6. The lowest BCUT2D eigenvalue weighted by Gasteiger charge is -2.11. The van der Waals surface area contributed by atoms with Gasteiger partial charge in [0.25, 0.3) is 0 Å². The van der Waals surface area contributed by atoms with Crippen molar-refractivity contribution in [1.29, 1.82) is 0 Å². The smallest absolute Gasteiger partial charge is 0.161 e. The van der Waals surface area contributed by atoms with Crippen LogP contribution in [0.4, 0.5) is 0 Å². The van der Waals surface area contributed by atoms with Gasteiger partial charge in [-0.1, -0.05) is 146 Å². The van der Waals surface area contributed by atoms with E-state index in [-0.39, 0.29) is 0 Å². The molecule has 0 amide bonds. The summed E-state index contributed by atoms with van der Waals surface area (Å²) in [6.07, 6.45) is 0. The van der Waals surface area contributed by atoms with Crippen LogP contribution in [0.25, 0.3) is 105 Å². The highest BCUT2D eigenvalue weighted by Gasteiger charge is 2.20. The van der Waals surface area contributed by atoms with E-state index in [9.17, 15) is 0 Å². The second-order valence-electron chi connectivity index (χ2n) is 13.7. The molecule has 8 aromatic carbocycles. The molecule has 0 saturated heterocycles. The molecule has 54 heavy (non-hydrogen) atoms. The Morgan fingerprint density at radius 2 is 1.04 bits per heavy atom. The van der Waals surface area contributed by atoms with Crippen molar-refractivity contribution in [3.8, 4) is 50.6 Å². The molecule has 0 unspecified atom stereocenters. The third-order valence-corrected chi connectivity index (χ3v) is 10.6. The Labute approximate surface area is 311 Å². The molecule has 252 valence electrons. The summed E-state index contributed by atoms with van der Waals surface area (Å²) in [6, 6.07) is 66.0. The fraction of sp³-hybridized carbons (Fsp3) is 0. The van der Waals surface area contributed by atoms with Crippen LogP contribution in [-0.4, -0.2) is 14.5 Å². The lowest BCUT2D eigenvalue weighted by molar-refractivity contribution is 0.668. The van der Waals surface area contributed by atoms with E-state index in [1.807, 2.05) is 24.3 Å². The Bertz CT molecular complexity index is 3200. The molecule has 0 radical (unpaired) electrons. The normalized spacial score (nSPS) is 11.7. The zero-order chi connectivity index (χ0) is 35.6. The molecule has 0 bridgehead atoms. The summed E-state index contributed by atoms with van der Waals surface area (Å²) in [6.45, 7) is 0. The molecular formula is C50H31N3O. The highest BCUT2D eigenvalue weighted by atomic mass is 16.3. The average molecular weight is 690 g/mol. The summed E-state index contributed by atoms with van der Waals surface area (Å²) < 4.78 is 9.01. The largest absolute Gasteiger partial charge is 0.456 e. The van der Waals surface area contributed by atoms with Crippen LogP contribution in [0.2, 0.25) is 0 Å². The molecule has 0 spiro atoms. The Morgan fingerprint density at radius 1 is 0.389 bits per heavy atom. The number of hydrogen-bond acceptors (Lipinski definition) is 3. The molecule has 0 saturated carbocycles. The minimum Gasteiger partial charge on any atom is -0.456 e. The minimum atomic E-state index is 0.670. The van der Waals surface area contributed by atoms with Gasteiger partial charge in [0.05, 0.1) is 22.2 Å². The number of furan rings is 1. The van der Waals surface area contributed by atoms with Crippen LogP contribution < -0.4 is 0 Å². The van der Waals surface area contributed by atoms with Crippen molar-refractivity contribution in [2.24, 2.45) is 0 Å². The average Bonchev–Trinajstić information content (AvgIpc) is 3.79. The molecule has 11 rings (SSSR count). The SMILES string of the molecule is c1ccc(-c2ccc(-c3nc(-c4cccc5oc6cc(-n7c8ccccc8c8c(-c9ccccc9)cccc87)ccc6c45)nc4ccccc34)cc2)cc1. The fourth-order valence-electron chi connectivity index (χ4n) is 8.16. The first-order chi connectivity index (χ1) is 26.8. The summed E-state index contributed by atoms with van der Waals surface area (Å²) in [7, 11) is 0. The first-order valence-electron chi connectivity index (χ1n) is 18.2. The number of fused-ring (bicyclic) bond motifs is 7. The monoisotopic (exact) mass is 689 g/mol. The van der Waals surface area contributed by atoms with Gasteiger partial charge in [-0.2, -0.15) is 0 Å². The second kappa shape index (κ2) is 12.1. The van der Waals surface area contributed by atoms with E-state index in [0.717, 1.165) is 66.4 Å². The number of rotatable bonds is 5. The second-order valence-corrected chi connectivity index (χ2v) is 13.7. The third-order valence-electron chi connectivity index (χ3n) is 10.6. The Hall–Kier alpha value is -7.30. The van der Waals surface area contributed by atoms with Crippen LogP contribution in [0.5, 0.6) is 0 Å². The maximum absolute atomic E-state index is 6.66. The van der Waals surface area contributed by atoms with Crippen molar-refractivity contribution in [2.45, 2.75) is 0 Å². The highest BCUT2D eigenvalue weighted by Crippen LogP contribution is 2.41. The Balaban J connectivity index is 1.07. The van der Waals surface area contributed by atoms with Gasteiger partial charge in [-0.25, -0.2) is 9.97 Å². The van der Waals surface area contributed by atoms with E-state index in [4.69, 9.17) is 14.4 Å². The van der Waals surface area contributed by atoms with E-state index in [2.05, 4.69) is 168 Å². The number of aromatic nitrogens is 3. The van der Waals surface area contributed by atoms with E-state index in [0.29, 0.717) is 5.82 Å². The van der Waals surface area contributed by atoms with Crippen molar-refractivity contribution < 1.29 is 4.42 Å². The zero-order valence-corrected chi connectivity index (χ0v) is 29.1. The molecule has 0 aliphatic heterocycles. The fourth-order valence-corrected chi connectivity index (χ4v) is 8.16.